The van der Waals surface area contributed by atoms with Gasteiger partial charge in [0.25, 0.3) is 0 Å². The second-order valence-corrected chi connectivity index (χ2v) is 4.46. The van der Waals surface area contributed by atoms with Gasteiger partial charge >= 0.3 is 0 Å². The van der Waals surface area contributed by atoms with Gasteiger partial charge in [-0.2, -0.15) is 5.26 Å². The summed E-state index contributed by atoms with van der Waals surface area (Å²) in [6.07, 6.45) is 2.14. The van der Waals surface area contributed by atoms with E-state index >= 15 is 0 Å². The molecule has 3 nitrogen and oxygen atoms in total. The third-order valence-electron chi connectivity index (χ3n) is 3.14. The fourth-order valence-electron chi connectivity index (χ4n) is 2.28. The summed E-state index contributed by atoms with van der Waals surface area (Å²) in [4.78, 5) is 2.41. The zero-order chi connectivity index (χ0) is 11.5. The van der Waals surface area contributed by atoms with Gasteiger partial charge in [0.1, 0.15) is 5.54 Å². The summed E-state index contributed by atoms with van der Waals surface area (Å²) in [5, 5.41) is 12.4. The van der Waals surface area contributed by atoms with Gasteiger partial charge in [-0.25, -0.2) is 0 Å². The Morgan fingerprint density at radius 1 is 1.33 bits per heavy atom. The average Bonchev–Trinajstić information content (AvgIpc) is 2.94. The third kappa shape index (κ3) is 2.32. The third-order valence-corrected chi connectivity index (χ3v) is 3.14. The van der Waals surface area contributed by atoms with Gasteiger partial charge in [0.15, 0.2) is 0 Å². The van der Waals surface area contributed by atoms with E-state index in [1.165, 1.54) is 0 Å². The Kier molecular flexibility index (Phi) is 4.12. The lowest BCUT2D eigenvalue weighted by molar-refractivity contribution is 0.0738. The minimum absolute atomic E-state index is 0.0963. The van der Waals surface area contributed by atoms with E-state index in [1.54, 1.807) is 0 Å². The second-order valence-electron chi connectivity index (χ2n) is 4.46. The van der Waals surface area contributed by atoms with Crippen LogP contribution < -0.4 is 5.32 Å². The van der Waals surface area contributed by atoms with Crippen molar-refractivity contribution in [2.75, 3.05) is 13.1 Å². The lowest BCUT2D eigenvalue weighted by Gasteiger charge is -2.43. The Bertz CT molecular complexity index is 234. The molecule has 0 amide bonds. The van der Waals surface area contributed by atoms with Crippen molar-refractivity contribution in [1.29, 1.82) is 5.26 Å². The van der Waals surface area contributed by atoms with Crippen molar-refractivity contribution in [1.82, 2.24) is 10.2 Å². The monoisotopic (exact) mass is 209 g/mol. The van der Waals surface area contributed by atoms with Gasteiger partial charge in [-0.15, -0.1) is 0 Å². The van der Waals surface area contributed by atoms with Crippen LogP contribution in [0.25, 0.3) is 0 Å². The number of nitrogens with zero attached hydrogens (tertiary/aromatic N) is 2. The predicted molar refractivity (Wildman–Crippen MR) is 62.6 cm³/mol. The summed E-state index contributed by atoms with van der Waals surface area (Å²) in [5.74, 6) is 0. The van der Waals surface area contributed by atoms with E-state index in [4.69, 9.17) is 5.26 Å². The normalized spacial score (nSPS) is 22.7. The number of hydrogen-bond acceptors (Lipinski definition) is 3. The minimum Gasteiger partial charge on any atom is -0.314 e. The smallest absolute Gasteiger partial charge is 0.110 e. The molecule has 15 heavy (non-hydrogen) atoms. The predicted octanol–water partition coefficient (Wildman–Crippen LogP) is 1.75. The Hall–Kier alpha value is -0.590. The molecule has 1 saturated carbocycles. The van der Waals surface area contributed by atoms with E-state index in [9.17, 15) is 0 Å². The van der Waals surface area contributed by atoms with Gasteiger partial charge in [-0.1, -0.05) is 13.8 Å². The molecule has 86 valence electrons. The molecule has 1 aliphatic carbocycles. The number of rotatable bonds is 3. The zero-order valence-electron chi connectivity index (χ0n) is 10.4. The van der Waals surface area contributed by atoms with Gasteiger partial charge in [0, 0.05) is 25.2 Å². The Morgan fingerprint density at radius 3 is 2.07 bits per heavy atom. The van der Waals surface area contributed by atoms with Crippen LogP contribution in [-0.2, 0) is 0 Å². The van der Waals surface area contributed by atoms with E-state index in [-0.39, 0.29) is 5.54 Å². The first-order valence-electron chi connectivity index (χ1n) is 6.10. The summed E-state index contributed by atoms with van der Waals surface area (Å²) < 4.78 is 0. The molecule has 3 heteroatoms. The quantitative estimate of drug-likeness (QED) is 0.769. The molecule has 1 N–H and O–H groups in total. The first kappa shape index (κ1) is 12.5. The lowest BCUT2D eigenvalue weighted by Crippen LogP contribution is -2.62. The van der Waals surface area contributed by atoms with Crippen molar-refractivity contribution in [2.45, 2.75) is 58.2 Å². The van der Waals surface area contributed by atoms with Crippen molar-refractivity contribution in [3.63, 3.8) is 0 Å². The van der Waals surface area contributed by atoms with Crippen molar-refractivity contribution in [3.8, 4) is 6.07 Å². The van der Waals surface area contributed by atoms with E-state index in [0.29, 0.717) is 12.1 Å². The zero-order valence-corrected chi connectivity index (χ0v) is 10.4. The molecule has 0 atom stereocenters. The van der Waals surface area contributed by atoms with Gasteiger partial charge in [0.2, 0.25) is 0 Å². The van der Waals surface area contributed by atoms with Crippen LogP contribution in [0.4, 0.5) is 0 Å². The fraction of sp³-hybridized carbons (Fsp3) is 0.917. The topological polar surface area (TPSA) is 39.1 Å². The van der Waals surface area contributed by atoms with E-state index < -0.39 is 0 Å². The van der Waals surface area contributed by atoms with Gasteiger partial charge in [-0.05, 0) is 26.7 Å². The molecule has 0 aromatic heterocycles. The molecule has 2 fully saturated rings. The molecule has 1 saturated heterocycles. The maximum absolute atomic E-state index is 9.13. The first-order chi connectivity index (χ1) is 7.19. The second kappa shape index (κ2) is 4.96. The average molecular weight is 209 g/mol. The van der Waals surface area contributed by atoms with Crippen molar-refractivity contribution >= 4 is 0 Å². The van der Waals surface area contributed by atoms with E-state index in [1.807, 2.05) is 13.8 Å². The Morgan fingerprint density at radius 2 is 1.87 bits per heavy atom. The van der Waals surface area contributed by atoms with Crippen LogP contribution in [0.5, 0.6) is 0 Å². The van der Waals surface area contributed by atoms with Gasteiger partial charge < -0.3 is 5.32 Å². The molecule has 0 aromatic rings. The molecule has 0 unspecified atom stereocenters. The van der Waals surface area contributed by atoms with Crippen LogP contribution >= 0.6 is 0 Å². The lowest BCUT2D eigenvalue weighted by atomic mass is 10.0. The largest absolute Gasteiger partial charge is 0.314 e. The SMILES string of the molecule is CC.CC(C)N(C1CNC1)C1(C#N)CC1. The van der Waals surface area contributed by atoms with E-state index in [0.717, 1.165) is 25.9 Å². The highest BCUT2D eigenvalue weighted by molar-refractivity contribution is 5.21. The molecule has 1 aliphatic heterocycles. The summed E-state index contributed by atoms with van der Waals surface area (Å²) in [6.45, 7) is 10.5. The number of nitrogens with one attached hydrogen (secondary N) is 1. The fourth-order valence-corrected chi connectivity index (χ4v) is 2.28. The molecule has 2 aliphatic rings. The summed E-state index contributed by atoms with van der Waals surface area (Å²) in [6, 6.07) is 3.58. The van der Waals surface area contributed by atoms with Crippen molar-refractivity contribution in [3.05, 3.63) is 0 Å². The molecule has 2 rings (SSSR count). The summed E-state index contributed by atoms with van der Waals surface area (Å²) >= 11 is 0. The van der Waals surface area contributed by atoms with Crippen LogP contribution in [0.15, 0.2) is 0 Å². The summed E-state index contributed by atoms with van der Waals surface area (Å²) in [7, 11) is 0. The molecule has 0 bridgehead atoms. The first-order valence-corrected chi connectivity index (χ1v) is 6.10. The highest BCUT2D eigenvalue weighted by atomic mass is 15.3. The van der Waals surface area contributed by atoms with Crippen LogP contribution in [0, 0.1) is 11.3 Å². The molecular weight excluding hydrogens is 186 g/mol. The van der Waals surface area contributed by atoms with Crippen LogP contribution in [0.3, 0.4) is 0 Å². The highest BCUT2D eigenvalue weighted by Gasteiger charge is 2.52. The van der Waals surface area contributed by atoms with Crippen LogP contribution in [-0.4, -0.2) is 35.6 Å². The highest BCUT2D eigenvalue weighted by Crippen LogP contribution is 2.43. The Balaban J connectivity index is 0.000000531. The summed E-state index contributed by atoms with van der Waals surface area (Å²) in [5.41, 5.74) is -0.0963. The molecule has 0 aromatic carbocycles. The van der Waals surface area contributed by atoms with Gasteiger partial charge in [-0.3, -0.25) is 4.90 Å². The standard InChI is InChI=1S/C10H17N3.C2H6/c1-8(2)13(9-5-12-6-9)10(7-11)3-4-10;1-2/h8-9,12H,3-6H2,1-2H3;1-2H3. The number of hydrogen-bond donors (Lipinski definition) is 1. The molecule has 0 spiro atoms. The van der Waals surface area contributed by atoms with Crippen molar-refractivity contribution in [2.24, 2.45) is 0 Å². The maximum atomic E-state index is 9.13. The Labute approximate surface area is 93.5 Å². The van der Waals surface area contributed by atoms with E-state index in [2.05, 4.69) is 30.1 Å². The minimum atomic E-state index is -0.0963. The van der Waals surface area contributed by atoms with Crippen LogP contribution in [0.1, 0.15) is 40.5 Å². The maximum Gasteiger partial charge on any atom is 0.110 e. The molecule has 0 radical (unpaired) electrons. The van der Waals surface area contributed by atoms with Gasteiger partial charge in [0.05, 0.1) is 6.07 Å². The number of nitriles is 1. The van der Waals surface area contributed by atoms with Crippen molar-refractivity contribution < 1.29 is 0 Å². The van der Waals surface area contributed by atoms with Crippen LogP contribution in [0.2, 0.25) is 0 Å². The molecule has 1 heterocycles. The molecular formula is C12H23N3.